The fraction of sp³-hybridized carbons (Fsp3) is 0.0667. The predicted octanol–water partition coefficient (Wildman–Crippen LogP) is 3.51. The molecular formula is C15H12ClN3. The third-order valence-corrected chi connectivity index (χ3v) is 3.18. The second-order valence-electron chi connectivity index (χ2n) is 4.26. The molecule has 1 aromatic heterocycles. The molecule has 4 heteroatoms. The van der Waals surface area contributed by atoms with Crippen molar-refractivity contribution in [1.29, 1.82) is 0 Å². The highest BCUT2D eigenvalue weighted by Crippen LogP contribution is 2.15. The van der Waals surface area contributed by atoms with E-state index >= 15 is 0 Å². The second-order valence-corrected chi connectivity index (χ2v) is 4.69. The maximum Gasteiger partial charge on any atom is 0.141 e. The van der Waals surface area contributed by atoms with Gasteiger partial charge in [0, 0.05) is 17.1 Å². The molecule has 0 aliphatic carbocycles. The minimum Gasteiger partial charge on any atom is -0.285 e. The number of halogens is 1. The number of nitrogens with zero attached hydrogens (tertiary/aromatic N) is 3. The van der Waals surface area contributed by atoms with Crippen LogP contribution in [0.4, 0.5) is 0 Å². The first kappa shape index (κ1) is 11.9. The molecule has 0 radical (unpaired) electrons. The van der Waals surface area contributed by atoms with Crippen LogP contribution in [0.2, 0.25) is 5.02 Å². The van der Waals surface area contributed by atoms with E-state index in [1.54, 1.807) is 6.33 Å². The molecule has 3 rings (SSSR count). The average Bonchev–Trinajstić information content (AvgIpc) is 2.90. The fourth-order valence-corrected chi connectivity index (χ4v) is 2.09. The van der Waals surface area contributed by atoms with Crippen LogP contribution < -0.4 is 0 Å². The topological polar surface area (TPSA) is 30.7 Å². The highest BCUT2D eigenvalue weighted by atomic mass is 35.5. The first-order valence-corrected chi connectivity index (χ1v) is 6.39. The lowest BCUT2D eigenvalue weighted by Crippen LogP contribution is -2.01. The van der Waals surface area contributed by atoms with Gasteiger partial charge in [-0.05, 0) is 29.8 Å². The van der Waals surface area contributed by atoms with Crippen molar-refractivity contribution in [3.63, 3.8) is 0 Å². The Morgan fingerprint density at radius 1 is 0.947 bits per heavy atom. The molecule has 0 N–H and O–H groups in total. The van der Waals surface area contributed by atoms with Crippen LogP contribution in [0.15, 0.2) is 60.9 Å². The average molecular weight is 270 g/mol. The van der Waals surface area contributed by atoms with Gasteiger partial charge in [0.15, 0.2) is 0 Å². The summed E-state index contributed by atoms with van der Waals surface area (Å²) in [6, 6.07) is 17.9. The highest BCUT2D eigenvalue weighted by molar-refractivity contribution is 6.30. The van der Waals surface area contributed by atoms with Crippen molar-refractivity contribution in [3.05, 3.63) is 77.3 Å². The van der Waals surface area contributed by atoms with Gasteiger partial charge in [-0.15, -0.1) is 10.2 Å². The largest absolute Gasteiger partial charge is 0.285 e. The van der Waals surface area contributed by atoms with Crippen LogP contribution in [0.3, 0.4) is 0 Å². The molecule has 0 atom stereocenters. The van der Waals surface area contributed by atoms with Crippen molar-refractivity contribution in [2.45, 2.75) is 6.42 Å². The van der Waals surface area contributed by atoms with Gasteiger partial charge in [0.1, 0.15) is 12.2 Å². The third kappa shape index (κ3) is 2.66. The van der Waals surface area contributed by atoms with Gasteiger partial charge in [-0.25, -0.2) is 0 Å². The van der Waals surface area contributed by atoms with Crippen molar-refractivity contribution >= 4 is 11.6 Å². The molecule has 0 fully saturated rings. The Labute approximate surface area is 116 Å². The number of hydrogen-bond acceptors (Lipinski definition) is 2. The molecule has 0 unspecified atom stereocenters. The lowest BCUT2D eigenvalue weighted by Gasteiger charge is -2.06. The molecule has 3 nitrogen and oxygen atoms in total. The summed E-state index contributed by atoms with van der Waals surface area (Å²) in [5.41, 5.74) is 2.23. The summed E-state index contributed by atoms with van der Waals surface area (Å²) >= 11 is 5.89. The lowest BCUT2D eigenvalue weighted by atomic mass is 10.1. The van der Waals surface area contributed by atoms with Gasteiger partial charge in [0.25, 0.3) is 0 Å². The smallest absolute Gasteiger partial charge is 0.141 e. The summed E-state index contributed by atoms with van der Waals surface area (Å²) in [5.74, 6) is 0.911. The Hall–Kier alpha value is -2.13. The summed E-state index contributed by atoms with van der Waals surface area (Å²) in [4.78, 5) is 0. The predicted molar refractivity (Wildman–Crippen MR) is 75.6 cm³/mol. The van der Waals surface area contributed by atoms with Gasteiger partial charge >= 0.3 is 0 Å². The molecule has 94 valence electrons. The van der Waals surface area contributed by atoms with Crippen molar-refractivity contribution in [3.8, 4) is 5.69 Å². The van der Waals surface area contributed by atoms with E-state index in [1.807, 2.05) is 59.2 Å². The van der Waals surface area contributed by atoms with E-state index in [1.165, 1.54) is 0 Å². The van der Waals surface area contributed by atoms with E-state index in [-0.39, 0.29) is 0 Å². The Bertz CT molecular complexity index is 659. The number of rotatable bonds is 3. The van der Waals surface area contributed by atoms with Crippen LogP contribution in [0.25, 0.3) is 5.69 Å². The maximum absolute atomic E-state index is 5.89. The number of hydrogen-bond donors (Lipinski definition) is 0. The van der Waals surface area contributed by atoms with E-state index in [0.29, 0.717) is 0 Å². The summed E-state index contributed by atoms with van der Waals surface area (Å²) in [6.45, 7) is 0. The van der Waals surface area contributed by atoms with Gasteiger partial charge in [-0.1, -0.05) is 41.9 Å². The fourth-order valence-electron chi connectivity index (χ4n) is 1.97. The van der Waals surface area contributed by atoms with Crippen molar-refractivity contribution < 1.29 is 0 Å². The van der Waals surface area contributed by atoms with Crippen LogP contribution in [-0.4, -0.2) is 14.8 Å². The van der Waals surface area contributed by atoms with E-state index in [0.717, 1.165) is 28.5 Å². The monoisotopic (exact) mass is 269 g/mol. The van der Waals surface area contributed by atoms with Crippen LogP contribution in [0.5, 0.6) is 0 Å². The minimum absolute atomic E-state index is 0.728. The molecule has 0 aliphatic rings. The Kier molecular flexibility index (Phi) is 3.29. The van der Waals surface area contributed by atoms with E-state index in [9.17, 15) is 0 Å². The third-order valence-electron chi connectivity index (χ3n) is 2.93. The lowest BCUT2D eigenvalue weighted by molar-refractivity contribution is 0.906. The van der Waals surface area contributed by atoms with Crippen molar-refractivity contribution in [1.82, 2.24) is 14.8 Å². The van der Waals surface area contributed by atoms with Crippen molar-refractivity contribution in [2.75, 3.05) is 0 Å². The molecular weight excluding hydrogens is 258 g/mol. The Morgan fingerprint density at radius 3 is 2.42 bits per heavy atom. The molecule has 0 bridgehead atoms. The molecule has 0 saturated carbocycles. The summed E-state index contributed by atoms with van der Waals surface area (Å²) in [5, 5.41) is 8.93. The number of aromatic nitrogens is 3. The molecule has 19 heavy (non-hydrogen) atoms. The first-order valence-electron chi connectivity index (χ1n) is 6.02. The molecule has 0 aliphatic heterocycles. The Balaban J connectivity index is 1.91. The zero-order chi connectivity index (χ0) is 13.1. The van der Waals surface area contributed by atoms with E-state index < -0.39 is 0 Å². The molecule has 2 aromatic carbocycles. The van der Waals surface area contributed by atoms with Gasteiger partial charge < -0.3 is 0 Å². The van der Waals surface area contributed by atoms with Gasteiger partial charge in [0.2, 0.25) is 0 Å². The first-order chi connectivity index (χ1) is 9.33. The molecule has 1 heterocycles. The highest BCUT2D eigenvalue weighted by Gasteiger charge is 2.06. The zero-order valence-corrected chi connectivity index (χ0v) is 11.0. The number of para-hydroxylation sites is 1. The van der Waals surface area contributed by atoms with E-state index in [2.05, 4.69) is 10.2 Å². The van der Waals surface area contributed by atoms with Crippen LogP contribution in [0.1, 0.15) is 11.4 Å². The van der Waals surface area contributed by atoms with Gasteiger partial charge in [0.05, 0.1) is 0 Å². The summed E-state index contributed by atoms with van der Waals surface area (Å²) in [6.07, 6.45) is 2.46. The van der Waals surface area contributed by atoms with Crippen molar-refractivity contribution in [2.24, 2.45) is 0 Å². The van der Waals surface area contributed by atoms with Crippen LogP contribution in [-0.2, 0) is 6.42 Å². The van der Waals surface area contributed by atoms with Gasteiger partial charge in [-0.3, -0.25) is 4.57 Å². The quantitative estimate of drug-likeness (QED) is 0.728. The van der Waals surface area contributed by atoms with Crippen LogP contribution in [0, 0.1) is 0 Å². The SMILES string of the molecule is Clc1ccc(Cc2nncn2-c2ccccc2)cc1. The molecule has 0 saturated heterocycles. The van der Waals surface area contributed by atoms with E-state index in [4.69, 9.17) is 11.6 Å². The molecule has 0 spiro atoms. The van der Waals surface area contributed by atoms with Gasteiger partial charge in [-0.2, -0.15) is 0 Å². The standard InChI is InChI=1S/C15H12ClN3/c16-13-8-6-12(7-9-13)10-15-18-17-11-19(15)14-4-2-1-3-5-14/h1-9,11H,10H2. The second kappa shape index (κ2) is 5.24. The summed E-state index contributed by atoms with van der Waals surface area (Å²) < 4.78 is 1.99. The molecule has 0 amide bonds. The zero-order valence-electron chi connectivity index (χ0n) is 10.2. The number of benzene rings is 2. The normalized spacial score (nSPS) is 10.6. The maximum atomic E-state index is 5.89. The minimum atomic E-state index is 0.728. The summed E-state index contributed by atoms with van der Waals surface area (Å²) in [7, 11) is 0. The van der Waals surface area contributed by atoms with Crippen LogP contribution >= 0.6 is 11.6 Å². The molecule has 3 aromatic rings. The Morgan fingerprint density at radius 2 is 1.68 bits per heavy atom.